The second-order valence-electron chi connectivity index (χ2n) is 7.53. The third kappa shape index (κ3) is 4.53. The molecular weight excluding hydrogens is 330 g/mol. The molecule has 2 heteroatoms. The number of nitrogens with one attached hydrogen (secondary N) is 1. The molecule has 0 spiro atoms. The van der Waals surface area contributed by atoms with Gasteiger partial charge in [-0.3, -0.25) is 4.79 Å². The summed E-state index contributed by atoms with van der Waals surface area (Å²) < 4.78 is 0. The molecule has 1 aliphatic carbocycles. The molecule has 27 heavy (non-hydrogen) atoms. The first-order valence-corrected chi connectivity index (χ1v) is 9.65. The Morgan fingerprint density at radius 1 is 0.926 bits per heavy atom. The van der Waals surface area contributed by atoms with E-state index in [2.05, 4.69) is 59.9 Å². The van der Waals surface area contributed by atoms with Crippen molar-refractivity contribution in [3.63, 3.8) is 0 Å². The van der Waals surface area contributed by atoms with E-state index in [0.717, 1.165) is 23.2 Å². The van der Waals surface area contributed by atoms with Crippen LogP contribution in [-0.4, -0.2) is 11.8 Å². The molecule has 136 valence electrons. The van der Waals surface area contributed by atoms with E-state index in [4.69, 9.17) is 0 Å². The standard InChI is InChI=1S/C25H25NO/c1-18-6-5-9-22(14-18)25(27)15-19-10-12-21(13-11-19)23-16-24(23)26-17-20-7-3-2-4-8-20/h2-14,23-24,26H,15-17H2,1H3. The van der Waals surface area contributed by atoms with Crippen LogP contribution < -0.4 is 5.32 Å². The van der Waals surface area contributed by atoms with Crippen molar-refractivity contribution in [2.75, 3.05) is 0 Å². The summed E-state index contributed by atoms with van der Waals surface area (Å²) in [5, 5.41) is 3.64. The SMILES string of the molecule is Cc1cccc(C(=O)Cc2ccc(C3CC3NCc3ccccc3)cc2)c1. The Morgan fingerprint density at radius 2 is 1.70 bits per heavy atom. The van der Waals surface area contributed by atoms with Crippen LogP contribution in [0.1, 0.15) is 45.0 Å². The van der Waals surface area contributed by atoms with Gasteiger partial charge in [-0.25, -0.2) is 0 Å². The molecule has 4 rings (SSSR count). The summed E-state index contributed by atoms with van der Waals surface area (Å²) in [5.41, 5.74) is 5.70. The minimum atomic E-state index is 0.181. The fourth-order valence-corrected chi connectivity index (χ4v) is 3.62. The highest BCUT2D eigenvalue weighted by molar-refractivity contribution is 5.97. The van der Waals surface area contributed by atoms with E-state index >= 15 is 0 Å². The van der Waals surface area contributed by atoms with Gasteiger partial charge in [0.2, 0.25) is 0 Å². The molecule has 0 amide bonds. The number of hydrogen-bond donors (Lipinski definition) is 1. The first-order chi connectivity index (χ1) is 13.2. The van der Waals surface area contributed by atoms with Crippen molar-refractivity contribution in [2.24, 2.45) is 0 Å². The second kappa shape index (κ2) is 7.89. The van der Waals surface area contributed by atoms with Crippen molar-refractivity contribution in [1.29, 1.82) is 0 Å². The Hall–Kier alpha value is -2.71. The Labute approximate surface area is 161 Å². The Bertz CT molecular complexity index is 915. The van der Waals surface area contributed by atoms with Crippen molar-refractivity contribution < 1.29 is 4.79 Å². The molecule has 0 radical (unpaired) electrons. The fraction of sp³-hybridized carbons (Fsp3) is 0.240. The highest BCUT2D eigenvalue weighted by atomic mass is 16.1. The van der Waals surface area contributed by atoms with Crippen LogP contribution in [0, 0.1) is 6.92 Å². The molecule has 0 saturated heterocycles. The van der Waals surface area contributed by atoms with Gasteiger partial charge in [0.05, 0.1) is 0 Å². The summed E-state index contributed by atoms with van der Waals surface area (Å²) in [6.07, 6.45) is 1.65. The zero-order valence-corrected chi connectivity index (χ0v) is 15.7. The maximum Gasteiger partial charge on any atom is 0.167 e. The molecule has 1 aliphatic rings. The molecule has 0 aromatic heterocycles. The van der Waals surface area contributed by atoms with Gasteiger partial charge in [-0.1, -0.05) is 78.4 Å². The number of Topliss-reactive ketones (excluding diaryl/α,β-unsaturated/α-hetero) is 1. The van der Waals surface area contributed by atoms with Crippen molar-refractivity contribution in [3.8, 4) is 0 Å². The second-order valence-corrected chi connectivity index (χ2v) is 7.53. The highest BCUT2D eigenvalue weighted by Gasteiger charge is 2.37. The smallest absolute Gasteiger partial charge is 0.167 e. The molecule has 0 aliphatic heterocycles. The van der Waals surface area contributed by atoms with Crippen LogP contribution in [0.2, 0.25) is 0 Å². The van der Waals surface area contributed by atoms with Crippen LogP contribution >= 0.6 is 0 Å². The molecule has 3 aromatic carbocycles. The molecule has 1 fully saturated rings. The lowest BCUT2D eigenvalue weighted by Gasteiger charge is -2.06. The number of carbonyl (C=O) groups excluding carboxylic acids is 1. The summed E-state index contributed by atoms with van der Waals surface area (Å²) in [7, 11) is 0. The van der Waals surface area contributed by atoms with Crippen molar-refractivity contribution in [2.45, 2.75) is 38.3 Å². The maximum absolute atomic E-state index is 12.5. The summed E-state index contributed by atoms with van der Waals surface area (Å²) in [6.45, 7) is 2.94. The first-order valence-electron chi connectivity index (χ1n) is 9.65. The molecule has 0 bridgehead atoms. The lowest BCUT2D eigenvalue weighted by molar-refractivity contribution is 0.0993. The minimum absolute atomic E-state index is 0.181. The van der Waals surface area contributed by atoms with Crippen LogP contribution in [0.5, 0.6) is 0 Å². The summed E-state index contributed by atoms with van der Waals surface area (Å²) >= 11 is 0. The molecular formula is C25H25NO. The van der Waals surface area contributed by atoms with E-state index in [1.807, 2.05) is 31.2 Å². The molecule has 3 aromatic rings. The van der Waals surface area contributed by atoms with Gasteiger partial charge < -0.3 is 5.32 Å². The number of rotatable bonds is 7. The largest absolute Gasteiger partial charge is 0.309 e. The zero-order chi connectivity index (χ0) is 18.6. The van der Waals surface area contributed by atoms with Crippen LogP contribution in [0.25, 0.3) is 0 Å². The van der Waals surface area contributed by atoms with Crippen molar-refractivity contribution in [3.05, 3.63) is 107 Å². The Kier molecular flexibility index (Phi) is 5.17. The number of carbonyl (C=O) groups is 1. The number of ketones is 1. The molecule has 0 heterocycles. The van der Waals surface area contributed by atoms with Crippen LogP contribution in [0.15, 0.2) is 78.9 Å². The zero-order valence-electron chi connectivity index (χ0n) is 15.7. The van der Waals surface area contributed by atoms with E-state index in [9.17, 15) is 4.79 Å². The van der Waals surface area contributed by atoms with Crippen molar-refractivity contribution in [1.82, 2.24) is 5.32 Å². The quantitative estimate of drug-likeness (QED) is 0.600. The molecule has 2 unspecified atom stereocenters. The maximum atomic E-state index is 12.5. The van der Waals surface area contributed by atoms with Gasteiger partial charge in [-0.15, -0.1) is 0 Å². The van der Waals surface area contributed by atoms with Gasteiger partial charge in [0.1, 0.15) is 0 Å². The average Bonchev–Trinajstić information content (AvgIpc) is 3.47. The van der Waals surface area contributed by atoms with E-state index in [0.29, 0.717) is 18.4 Å². The normalized spacial score (nSPS) is 18.3. The van der Waals surface area contributed by atoms with Crippen LogP contribution in [-0.2, 0) is 13.0 Å². The lowest BCUT2D eigenvalue weighted by Crippen LogP contribution is -2.17. The topological polar surface area (TPSA) is 29.1 Å². The van der Waals surface area contributed by atoms with E-state index < -0.39 is 0 Å². The van der Waals surface area contributed by atoms with Gasteiger partial charge in [0, 0.05) is 30.5 Å². The van der Waals surface area contributed by atoms with Crippen LogP contribution in [0.3, 0.4) is 0 Å². The van der Waals surface area contributed by atoms with E-state index in [1.165, 1.54) is 17.5 Å². The summed E-state index contributed by atoms with van der Waals surface area (Å²) in [6, 6.07) is 27.5. The Balaban J connectivity index is 1.31. The minimum Gasteiger partial charge on any atom is -0.309 e. The van der Waals surface area contributed by atoms with E-state index in [-0.39, 0.29) is 5.78 Å². The average molecular weight is 355 g/mol. The predicted molar refractivity (Wildman–Crippen MR) is 110 cm³/mol. The van der Waals surface area contributed by atoms with Gasteiger partial charge in [-0.2, -0.15) is 0 Å². The molecule has 2 atom stereocenters. The van der Waals surface area contributed by atoms with Gasteiger partial charge in [0.25, 0.3) is 0 Å². The number of benzene rings is 3. The van der Waals surface area contributed by atoms with Gasteiger partial charge in [-0.05, 0) is 36.1 Å². The predicted octanol–water partition coefficient (Wildman–Crippen LogP) is 5.07. The van der Waals surface area contributed by atoms with Gasteiger partial charge >= 0.3 is 0 Å². The monoisotopic (exact) mass is 355 g/mol. The third-order valence-corrected chi connectivity index (χ3v) is 5.31. The summed E-state index contributed by atoms with van der Waals surface area (Å²) in [5.74, 6) is 0.774. The highest BCUT2D eigenvalue weighted by Crippen LogP contribution is 2.41. The molecule has 2 nitrogen and oxygen atoms in total. The molecule has 1 saturated carbocycles. The number of aryl methyl sites for hydroxylation is 1. The first kappa shape index (κ1) is 17.7. The fourth-order valence-electron chi connectivity index (χ4n) is 3.62. The van der Waals surface area contributed by atoms with Gasteiger partial charge in [0.15, 0.2) is 5.78 Å². The molecule has 1 N–H and O–H groups in total. The Morgan fingerprint density at radius 3 is 2.44 bits per heavy atom. The third-order valence-electron chi connectivity index (χ3n) is 5.31. The van der Waals surface area contributed by atoms with Crippen LogP contribution in [0.4, 0.5) is 0 Å². The summed E-state index contributed by atoms with van der Waals surface area (Å²) in [4.78, 5) is 12.5. The van der Waals surface area contributed by atoms with E-state index in [1.54, 1.807) is 0 Å². The number of hydrogen-bond acceptors (Lipinski definition) is 2. The lowest BCUT2D eigenvalue weighted by atomic mass is 10.00. The van der Waals surface area contributed by atoms with Crippen molar-refractivity contribution >= 4 is 5.78 Å².